The summed E-state index contributed by atoms with van der Waals surface area (Å²) >= 11 is 0. The minimum atomic E-state index is -0.198. The molecule has 11 heavy (non-hydrogen) atoms. The lowest BCUT2D eigenvalue weighted by atomic mass is 9.83. The van der Waals surface area contributed by atoms with E-state index in [1.807, 2.05) is 0 Å². The van der Waals surface area contributed by atoms with Gasteiger partial charge in [0, 0.05) is 7.11 Å². The van der Waals surface area contributed by atoms with Crippen molar-refractivity contribution in [3.8, 4) is 0 Å². The molecule has 1 unspecified atom stereocenters. The number of hydrogen-bond donors (Lipinski definition) is 0. The molecule has 0 aromatic heterocycles. The zero-order valence-corrected chi connectivity index (χ0v) is 8.32. The van der Waals surface area contributed by atoms with E-state index in [9.17, 15) is 0 Å². The molecule has 0 aliphatic carbocycles. The van der Waals surface area contributed by atoms with Crippen molar-refractivity contribution in [1.82, 2.24) is 0 Å². The molecule has 1 aliphatic heterocycles. The van der Waals surface area contributed by atoms with Crippen LogP contribution in [0.25, 0.3) is 0 Å². The molecule has 1 heterocycles. The summed E-state index contributed by atoms with van der Waals surface area (Å²) in [5, 5.41) is 0. The van der Waals surface area contributed by atoms with Gasteiger partial charge in [-0.25, -0.2) is 0 Å². The molecule has 0 spiro atoms. The molecule has 0 bridgehead atoms. The topological polar surface area (TPSA) is 21.8 Å². The lowest BCUT2D eigenvalue weighted by molar-refractivity contribution is -0.0380. The standard InChI is InChI=1S/C9H18O2/c1-7(2,10-6)9(5)8(3,4)11-9/h1-6H3. The second kappa shape index (κ2) is 1.99. The smallest absolute Gasteiger partial charge is 0.123 e. The molecule has 1 rings (SSSR count). The molecule has 0 radical (unpaired) electrons. The van der Waals surface area contributed by atoms with Crippen LogP contribution in [0.2, 0.25) is 0 Å². The maximum atomic E-state index is 5.62. The van der Waals surface area contributed by atoms with E-state index in [-0.39, 0.29) is 16.8 Å². The lowest BCUT2D eigenvalue weighted by Crippen LogP contribution is -2.43. The van der Waals surface area contributed by atoms with Crippen molar-refractivity contribution in [2.75, 3.05) is 7.11 Å². The molecular formula is C9H18O2. The third kappa shape index (κ3) is 1.00. The highest BCUT2D eigenvalue weighted by Gasteiger charge is 2.68. The Balaban J connectivity index is 2.78. The average molecular weight is 158 g/mol. The third-order valence-electron chi connectivity index (χ3n) is 3.23. The Morgan fingerprint density at radius 2 is 1.55 bits per heavy atom. The lowest BCUT2D eigenvalue weighted by Gasteiger charge is -2.29. The van der Waals surface area contributed by atoms with E-state index in [1.54, 1.807) is 7.11 Å². The molecule has 66 valence electrons. The van der Waals surface area contributed by atoms with Gasteiger partial charge in [0.15, 0.2) is 0 Å². The second-order valence-corrected chi connectivity index (χ2v) is 4.36. The first-order valence-electron chi connectivity index (χ1n) is 4.02. The van der Waals surface area contributed by atoms with Crippen molar-refractivity contribution in [2.24, 2.45) is 0 Å². The molecule has 0 aromatic rings. The van der Waals surface area contributed by atoms with Gasteiger partial charge < -0.3 is 9.47 Å². The van der Waals surface area contributed by atoms with Crippen LogP contribution >= 0.6 is 0 Å². The Morgan fingerprint density at radius 1 is 1.18 bits per heavy atom. The Kier molecular flexibility index (Phi) is 1.63. The first kappa shape index (κ1) is 9.01. The van der Waals surface area contributed by atoms with Crippen LogP contribution in [0.1, 0.15) is 34.6 Å². The highest BCUT2D eigenvalue weighted by Crippen LogP contribution is 2.54. The average Bonchev–Trinajstić information content (AvgIpc) is 2.35. The van der Waals surface area contributed by atoms with Crippen molar-refractivity contribution in [3.05, 3.63) is 0 Å². The summed E-state index contributed by atoms with van der Waals surface area (Å²) in [7, 11) is 1.73. The van der Waals surface area contributed by atoms with Crippen molar-refractivity contribution in [2.45, 2.75) is 51.4 Å². The van der Waals surface area contributed by atoms with Crippen LogP contribution in [0.4, 0.5) is 0 Å². The van der Waals surface area contributed by atoms with Gasteiger partial charge in [-0.2, -0.15) is 0 Å². The first-order chi connectivity index (χ1) is 4.77. The Labute approximate surface area is 68.9 Å². The van der Waals surface area contributed by atoms with Gasteiger partial charge in [-0.1, -0.05) is 0 Å². The fourth-order valence-corrected chi connectivity index (χ4v) is 1.53. The van der Waals surface area contributed by atoms with Crippen LogP contribution in [0.3, 0.4) is 0 Å². The quantitative estimate of drug-likeness (QED) is 0.573. The maximum Gasteiger partial charge on any atom is 0.123 e. The van der Waals surface area contributed by atoms with Gasteiger partial charge in [-0.3, -0.25) is 0 Å². The molecule has 2 nitrogen and oxygen atoms in total. The summed E-state index contributed by atoms with van der Waals surface area (Å²) in [6, 6.07) is 0. The van der Waals surface area contributed by atoms with E-state index >= 15 is 0 Å². The van der Waals surface area contributed by atoms with E-state index in [2.05, 4.69) is 34.6 Å². The monoisotopic (exact) mass is 158 g/mol. The molecule has 1 atom stereocenters. The number of epoxide rings is 1. The number of rotatable bonds is 2. The molecule has 0 saturated carbocycles. The van der Waals surface area contributed by atoms with Crippen LogP contribution in [0.15, 0.2) is 0 Å². The first-order valence-corrected chi connectivity index (χ1v) is 4.02. The van der Waals surface area contributed by atoms with Crippen molar-refractivity contribution >= 4 is 0 Å². The van der Waals surface area contributed by atoms with Gasteiger partial charge in [-0.15, -0.1) is 0 Å². The fraction of sp³-hybridized carbons (Fsp3) is 1.00. The SMILES string of the molecule is COC(C)(C)C1(C)OC1(C)C. The largest absolute Gasteiger partial charge is 0.376 e. The molecule has 0 amide bonds. The minimum absolute atomic E-state index is 0.0352. The zero-order valence-electron chi connectivity index (χ0n) is 8.32. The van der Waals surface area contributed by atoms with Crippen molar-refractivity contribution < 1.29 is 9.47 Å². The predicted octanol–water partition coefficient (Wildman–Crippen LogP) is 1.98. The van der Waals surface area contributed by atoms with Crippen LogP contribution in [-0.4, -0.2) is 23.9 Å². The summed E-state index contributed by atoms with van der Waals surface area (Å²) in [4.78, 5) is 0. The van der Waals surface area contributed by atoms with Crippen LogP contribution in [0, 0.1) is 0 Å². The molecule has 1 aliphatic rings. The normalized spacial score (nSPS) is 35.5. The Morgan fingerprint density at radius 3 is 1.64 bits per heavy atom. The molecule has 1 saturated heterocycles. The van der Waals surface area contributed by atoms with Crippen LogP contribution < -0.4 is 0 Å². The molecule has 0 aromatic carbocycles. The Hall–Kier alpha value is -0.0800. The van der Waals surface area contributed by atoms with Gasteiger partial charge in [0.2, 0.25) is 0 Å². The van der Waals surface area contributed by atoms with Crippen LogP contribution in [0.5, 0.6) is 0 Å². The number of hydrogen-bond acceptors (Lipinski definition) is 2. The number of ether oxygens (including phenoxy) is 2. The van der Waals surface area contributed by atoms with E-state index in [0.29, 0.717) is 0 Å². The maximum absolute atomic E-state index is 5.62. The summed E-state index contributed by atoms with van der Waals surface area (Å²) in [5.41, 5.74) is -0.363. The van der Waals surface area contributed by atoms with E-state index in [4.69, 9.17) is 9.47 Å². The minimum Gasteiger partial charge on any atom is -0.376 e. The summed E-state index contributed by atoms with van der Waals surface area (Å²) in [5.74, 6) is 0. The van der Waals surface area contributed by atoms with Gasteiger partial charge in [0.1, 0.15) is 5.60 Å². The molecule has 2 heteroatoms. The zero-order chi connectivity index (χ0) is 8.91. The highest BCUT2D eigenvalue weighted by molar-refractivity contribution is 5.16. The van der Waals surface area contributed by atoms with Gasteiger partial charge >= 0.3 is 0 Å². The summed E-state index contributed by atoms with van der Waals surface area (Å²) in [6.45, 7) is 10.4. The highest BCUT2D eigenvalue weighted by atomic mass is 16.7. The summed E-state index contributed by atoms with van der Waals surface area (Å²) in [6.07, 6.45) is 0. The van der Waals surface area contributed by atoms with E-state index < -0.39 is 0 Å². The van der Waals surface area contributed by atoms with Gasteiger partial charge in [0.25, 0.3) is 0 Å². The van der Waals surface area contributed by atoms with Crippen molar-refractivity contribution in [1.29, 1.82) is 0 Å². The van der Waals surface area contributed by atoms with E-state index in [1.165, 1.54) is 0 Å². The summed E-state index contributed by atoms with van der Waals surface area (Å²) < 4.78 is 11.0. The molecule has 1 fully saturated rings. The second-order valence-electron chi connectivity index (χ2n) is 4.36. The molecular weight excluding hydrogens is 140 g/mol. The van der Waals surface area contributed by atoms with Gasteiger partial charge in [0.05, 0.1) is 11.2 Å². The van der Waals surface area contributed by atoms with Crippen LogP contribution in [-0.2, 0) is 9.47 Å². The van der Waals surface area contributed by atoms with E-state index in [0.717, 1.165) is 0 Å². The Bertz CT molecular complexity index is 172. The van der Waals surface area contributed by atoms with Crippen molar-refractivity contribution in [3.63, 3.8) is 0 Å². The fourth-order valence-electron chi connectivity index (χ4n) is 1.53. The predicted molar refractivity (Wildman–Crippen MR) is 44.7 cm³/mol. The number of methoxy groups -OCH3 is 1. The van der Waals surface area contributed by atoms with Gasteiger partial charge in [-0.05, 0) is 34.6 Å². The third-order valence-corrected chi connectivity index (χ3v) is 3.23. The molecule has 0 N–H and O–H groups in total.